The van der Waals surface area contributed by atoms with Gasteiger partial charge in [0.25, 0.3) is 0 Å². The number of halogens is 5. The second-order valence-corrected chi connectivity index (χ2v) is 3.85. The lowest BCUT2D eigenvalue weighted by molar-refractivity contribution is -0.275. The van der Waals surface area contributed by atoms with Crippen LogP contribution in [0.2, 0.25) is 0 Å². The molecule has 0 unspecified atom stereocenters. The molecule has 0 aliphatic carbocycles. The largest absolute Gasteiger partial charge is 0.573 e. The number of rotatable bonds is 5. The molecule has 0 aliphatic rings. The van der Waals surface area contributed by atoms with Gasteiger partial charge in [-0.3, -0.25) is 4.79 Å². The van der Waals surface area contributed by atoms with Gasteiger partial charge in [-0.1, -0.05) is 6.07 Å². The molecular formula is C12H14ClF4NO3. The number of nitrogens with two attached hydrogens (primary N) is 1. The van der Waals surface area contributed by atoms with Crippen LogP contribution in [0, 0.1) is 5.82 Å². The Bertz CT molecular complexity index is 482. The van der Waals surface area contributed by atoms with Crippen LogP contribution in [0.5, 0.6) is 5.75 Å². The molecular weight excluding hydrogens is 318 g/mol. The molecule has 0 aromatic heterocycles. The smallest absolute Gasteiger partial charge is 0.466 e. The summed E-state index contributed by atoms with van der Waals surface area (Å²) in [4.78, 5) is 11.2. The highest BCUT2D eigenvalue weighted by molar-refractivity contribution is 5.85. The van der Waals surface area contributed by atoms with E-state index in [0.29, 0.717) is 0 Å². The third kappa shape index (κ3) is 6.63. The number of ether oxygens (including phenoxy) is 2. The van der Waals surface area contributed by atoms with E-state index in [1.54, 1.807) is 6.92 Å². The Balaban J connectivity index is 0.00000400. The summed E-state index contributed by atoms with van der Waals surface area (Å²) in [5, 5.41) is 0. The molecule has 0 heterocycles. The fourth-order valence-corrected chi connectivity index (χ4v) is 1.47. The zero-order valence-electron chi connectivity index (χ0n) is 10.9. The topological polar surface area (TPSA) is 61.5 Å². The highest BCUT2D eigenvalue weighted by atomic mass is 35.5. The molecule has 21 heavy (non-hydrogen) atoms. The first-order valence-electron chi connectivity index (χ1n) is 5.69. The lowest BCUT2D eigenvalue weighted by atomic mass is 10.0. The van der Waals surface area contributed by atoms with Crippen LogP contribution in [0.15, 0.2) is 18.2 Å². The van der Waals surface area contributed by atoms with Crippen LogP contribution in [-0.4, -0.2) is 18.9 Å². The van der Waals surface area contributed by atoms with Crippen LogP contribution in [0.3, 0.4) is 0 Å². The predicted molar refractivity (Wildman–Crippen MR) is 68.5 cm³/mol. The van der Waals surface area contributed by atoms with Crippen LogP contribution in [0.1, 0.15) is 24.9 Å². The second-order valence-electron chi connectivity index (χ2n) is 3.85. The summed E-state index contributed by atoms with van der Waals surface area (Å²) < 4.78 is 57.5. The Morgan fingerprint density at radius 2 is 2.00 bits per heavy atom. The number of benzene rings is 1. The fraction of sp³-hybridized carbons (Fsp3) is 0.417. The van der Waals surface area contributed by atoms with Crippen molar-refractivity contribution >= 4 is 18.4 Å². The summed E-state index contributed by atoms with van der Waals surface area (Å²) in [6.07, 6.45) is -5.18. The fourth-order valence-electron chi connectivity index (χ4n) is 1.47. The molecule has 0 saturated heterocycles. The van der Waals surface area contributed by atoms with Crippen molar-refractivity contribution in [3.05, 3.63) is 29.6 Å². The maximum Gasteiger partial charge on any atom is 0.573 e. The highest BCUT2D eigenvalue weighted by Gasteiger charge is 2.32. The van der Waals surface area contributed by atoms with E-state index in [9.17, 15) is 22.4 Å². The van der Waals surface area contributed by atoms with Gasteiger partial charge in [0.2, 0.25) is 0 Å². The van der Waals surface area contributed by atoms with E-state index in [-0.39, 0.29) is 31.0 Å². The Morgan fingerprint density at radius 1 is 1.38 bits per heavy atom. The SMILES string of the molecule is CCOC(=O)C[C@@H](N)c1ccc(OC(F)(F)F)c(F)c1.Cl. The number of hydrogen-bond donors (Lipinski definition) is 1. The van der Waals surface area contributed by atoms with Gasteiger partial charge in [-0.2, -0.15) is 0 Å². The second kappa shape index (κ2) is 8.04. The molecule has 0 fully saturated rings. The van der Waals surface area contributed by atoms with Crippen LogP contribution in [-0.2, 0) is 9.53 Å². The van der Waals surface area contributed by atoms with Crippen molar-refractivity contribution in [3.63, 3.8) is 0 Å². The molecule has 1 atom stereocenters. The maximum atomic E-state index is 13.4. The van der Waals surface area contributed by atoms with Crippen molar-refractivity contribution in [2.24, 2.45) is 5.73 Å². The number of carbonyl (C=O) groups excluding carboxylic acids is 1. The molecule has 1 aromatic rings. The van der Waals surface area contributed by atoms with E-state index in [0.717, 1.165) is 18.2 Å². The summed E-state index contributed by atoms with van der Waals surface area (Å²) in [5.74, 6) is -2.74. The van der Waals surface area contributed by atoms with Crippen LogP contribution in [0.4, 0.5) is 17.6 Å². The molecule has 2 N–H and O–H groups in total. The van der Waals surface area contributed by atoms with Gasteiger partial charge >= 0.3 is 12.3 Å². The van der Waals surface area contributed by atoms with Crippen molar-refractivity contribution < 1.29 is 31.8 Å². The molecule has 0 amide bonds. The summed E-state index contributed by atoms with van der Waals surface area (Å²) in [6.45, 7) is 1.80. The summed E-state index contributed by atoms with van der Waals surface area (Å²) in [7, 11) is 0. The van der Waals surface area contributed by atoms with E-state index in [1.165, 1.54) is 0 Å². The van der Waals surface area contributed by atoms with Crippen molar-refractivity contribution in [1.82, 2.24) is 0 Å². The molecule has 1 rings (SSSR count). The summed E-state index contributed by atoms with van der Waals surface area (Å²) >= 11 is 0. The summed E-state index contributed by atoms with van der Waals surface area (Å²) in [6, 6.07) is 1.89. The zero-order valence-corrected chi connectivity index (χ0v) is 11.8. The summed E-state index contributed by atoms with van der Waals surface area (Å²) in [5.41, 5.74) is 5.81. The molecule has 120 valence electrons. The van der Waals surface area contributed by atoms with Crippen molar-refractivity contribution in [2.45, 2.75) is 25.7 Å². The Labute approximate surface area is 124 Å². The average molecular weight is 332 g/mol. The van der Waals surface area contributed by atoms with Gasteiger partial charge in [-0.15, -0.1) is 25.6 Å². The van der Waals surface area contributed by atoms with Gasteiger partial charge in [0, 0.05) is 6.04 Å². The van der Waals surface area contributed by atoms with E-state index < -0.39 is 29.9 Å². The van der Waals surface area contributed by atoms with Gasteiger partial charge in [0.1, 0.15) is 0 Å². The van der Waals surface area contributed by atoms with Gasteiger partial charge in [0.15, 0.2) is 11.6 Å². The van der Waals surface area contributed by atoms with E-state index in [2.05, 4.69) is 9.47 Å². The first kappa shape index (κ1) is 19.5. The van der Waals surface area contributed by atoms with Crippen molar-refractivity contribution in [3.8, 4) is 5.75 Å². The standard InChI is InChI=1S/C12H13F4NO3.ClH/c1-2-19-11(18)6-9(17)7-3-4-10(8(13)5-7)20-12(14,15)16;/h3-5,9H,2,6,17H2,1H3;1H/t9-;/m1./s1. The Hall–Kier alpha value is -1.54. The molecule has 0 bridgehead atoms. The average Bonchev–Trinajstić information content (AvgIpc) is 2.30. The molecule has 0 saturated carbocycles. The van der Waals surface area contributed by atoms with Gasteiger partial charge < -0.3 is 15.2 Å². The number of esters is 1. The van der Waals surface area contributed by atoms with Gasteiger partial charge in [-0.05, 0) is 24.6 Å². The molecule has 0 radical (unpaired) electrons. The first-order valence-corrected chi connectivity index (χ1v) is 5.69. The Morgan fingerprint density at radius 3 is 2.48 bits per heavy atom. The van der Waals surface area contributed by atoms with Gasteiger partial charge in [0.05, 0.1) is 13.0 Å². The van der Waals surface area contributed by atoms with E-state index >= 15 is 0 Å². The van der Waals surface area contributed by atoms with E-state index in [4.69, 9.17) is 5.73 Å². The van der Waals surface area contributed by atoms with Crippen LogP contribution >= 0.6 is 12.4 Å². The van der Waals surface area contributed by atoms with Crippen molar-refractivity contribution in [1.29, 1.82) is 0 Å². The number of hydrogen-bond acceptors (Lipinski definition) is 4. The number of carbonyl (C=O) groups is 1. The minimum absolute atomic E-state index is 0. The lowest BCUT2D eigenvalue weighted by Gasteiger charge is -2.14. The van der Waals surface area contributed by atoms with Crippen LogP contribution < -0.4 is 10.5 Å². The number of alkyl halides is 3. The molecule has 4 nitrogen and oxygen atoms in total. The van der Waals surface area contributed by atoms with Gasteiger partial charge in [-0.25, -0.2) is 4.39 Å². The predicted octanol–water partition coefficient (Wildman–Crippen LogP) is 3.10. The van der Waals surface area contributed by atoms with Crippen LogP contribution in [0.25, 0.3) is 0 Å². The minimum atomic E-state index is -4.98. The quantitative estimate of drug-likeness (QED) is 0.665. The molecule has 1 aromatic carbocycles. The third-order valence-electron chi connectivity index (χ3n) is 2.30. The minimum Gasteiger partial charge on any atom is -0.466 e. The molecule has 0 aliphatic heterocycles. The first-order chi connectivity index (χ1) is 9.23. The Kier molecular flexibility index (Phi) is 7.45. The lowest BCUT2D eigenvalue weighted by Crippen LogP contribution is -2.19. The van der Waals surface area contributed by atoms with E-state index in [1.807, 2.05) is 0 Å². The zero-order chi connectivity index (χ0) is 15.3. The highest BCUT2D eigenvalue weighted by Crippen LogP contribution is 2.27. The maximum absolute atomic E-state index is 13.4. The normalized spacial score (nSPS) is 12.3. The molecule has 9 heteroatoms. The third-order valence-corrected chi connectivity index (χ3v) is 2.30. The molecule has 0 spiro atoms. The monoisotopic (exact) mass is 331 g/mol. The van der Waals surface area contributed by atoms with Crippen molar-refractivity contribution in [2.75, 3.05) is 6.61 Å².